The van der Waals surface area contributed by atoms with Gasteiger partial charge in [0.1, 0.15) is 11.5 Å². The first-order chi connectivity index (χ1) is 11.7. The van der Waals surface area contributed by atoms with Crippen LogP contribution in [0.4, 0.5) is 5.82 Å². The first kappa shape index (κ1) is 18.9. The Morgan fingerprint density at radius 3 is 2.40 bits per heavy atom. The summed E-state index contributed by atoms with van der Waals surface area (Å²) in [6, 6.07) is 11.4. The molecule has 0 radical (unpaired) electrons. The highest BCUT2D eigenvalue weighted by molar-refractivity contribution is 5.93. The number of carbonyl (C=O) groups is 1. The van der Waals surface area contributed by atoms with Crippen molar-refractivity contribution in [3.63, 3.8) is 0 Å². The van der Waals surface area contributed by atoms with Gasteiger partial charge in [-0.2, -0.15) is 0 Å². The van der Waals surface area contributed by atoms with Crippen molar-refractivity contribution in [3.8, 4) is 11.4 Å². The van der Waals surface area contributed by atoms with Crippen LogP contribution in [0.2, 0.25) is 0 Å². The summed E-state index contributed by atoms with van der Waals surface area (Å²) in [6.45, 7) is 11.0. The standard InChI is InChI=1S/C20H28N4O/c1-14(2)11-12-21-17-13-16(19(25)24-20(3,4)5)22-18(23-17)15-9-7-6-8-10-15/h6-10,13-14H,11-12H2,1-5H3,(H,24,25)(H,21,22,23). The normalized spacial score (nSPS) is 11.4. The first-order valence-corrected chi connectivity index (χ1v) is 8.75. The lowest BCUT2D eigenvalue weighted by Crippen LogP contribution is -2.41. The van der Waals surface area contributed by atoms with Gasteiger partial charge >= 0.3 is 0 Å². The summed E-state index contributed by atoms with van der Waals surface area (Å²) in [6.07, 6.45) is 1.04. The maximum Gasteiger partial charge on any atom is 0.270 e. The third-order valence-corrected chi connectivity index (χ3v) is 3.51. The quantitative estimate of drug-likeness (QED) is 0.830. The van der Waals surface area contributed by atoms with Gasteiger partial charge in [0.15, 0.2) is 5.82 Å². The second-order valence-electron chi connectivity index (χ2n) is 7.64. The number of amides is 1. The molecule has 0 unspecified atom stereocenters. The summed E-state index contributed by atoms with van der Waals surface area (Å²) >= 11 is 0. The number of rotatable bonds is 6. The zero-order chi connectivity index (χ0) is 18.4. The fraction of sp³-hybridized carbons (Fsp3) is 0.450. The van der Waals surface area contributed by atoms with Gasteiger partial charge in [-0.3, -0.25) is 4.79 Å². The maximum atomic E-state index is 12.5. The molecule has 1 heterocycles. The number of hydrogen-bond acceptors (Lipinski definition) is 4. The van der Waals surface area contributed by atoms with E-state index in [1.807, 2.05) is 51.1 Å². The van der Waals surface area contributed by atoms with Crippen LogP contribution in [0.25, 0.3) is 11.4 Å². The van der Waals surface area contributed by atoms with Crippen molar-refractivity contribution in [2.45, 2.75) is 46.6 Å². The van der Waals surface area contributed by atoms with Gasteiger partial charge in [0, 0.05) is 23.7 Å². The lowest BCUT2D eigenvalue weighted by atomic mass is 10.1. The Balaban J connectivity index is 2.32. The van der Waals surface area contributed by atoms with Gasteiger partial charge in [-0.1, -0.05) is 44.2 Å². The molecule has 5 heteroatoms. The third kappa shape index (κ3) is 6.18. The molecule has 0 fully saturated rings. The van der Waals surface area contributed by atoms with Crippen molar-refractivity contribution >= 4 is 11.7 Å². The van der Waals surface area contributed by atoms with Crippen molar-refractivity contribution in [1.82, 2.24) is 15.3 Å². The molecule has 2 N–H and O–H groups in total. The summed E-state index contributed by atoms with van der Waals surface area (Å²) < 4.78 is 0. The number of nitrogens with one attached hydrogen (secondary N) is 2. The van der Waals surface area contributed by atoms with Crippen LogP contribution < -0.4 is 10.6 Å². The second-order valence-corrected chi connectivity index (χ2v) is 7.64. The predicted octanol–water partition coefficient (Wildman–Crippen LogP) is 4.13. The minimum atomic E-state index is -0.319. The highest BCUT2D eigenvalue weighted by Gasteiger charge is 2.18. The van der Waals surface area contributed by atoms with E-state index in [2.05, 4.69) is 34.4 Å². The number of nitrogens with zero attached hydrogens (tertiary/aromatic N) is 2. The van der Waals surface area contributed by atoms with Crippen molar-refractivity contribution in [2.24, 2.45) is 5.92 Å². The highest BCUT2D eigenvalue weighted by Crippen LogP contribution is 2.18. The Kier molecular flexibility index (Phi) is 6.12. The van der Waals surface area contributed by atoms with Crippen LogP contribution in [-0.4, -0.2) is 28.0 Å². The Labute approximate surface area is 150 Å². The Hall–Kier alpha value is -2.43. The van der Waals surface area contributed by atoms with E-state index in [1.54, 1.807) is 6.07 Å². The average Bonchev–Trinajstić information content (AvgIpc) is 2.53. The van der Waals surface area contributed by atoms with E-state index >= 15 is 0 Å². The minimum Gasteiger partial charge on any atom is -0.370 e. The SMILES string of the molecule is CC(C)CCNc1cc(C(=O)NC(C)(C)C)nc(-c2ccccc2)n1. The fourth-order valence-corrected chi connectivity index (χ4v) is 2.26. The lowest BCUT2D eigenvalue weighted by Gasteiger charge is -2.20. The summed E-state index contributed by atoms with van der Waals surface area (Å²) in [7, 11) is 0. The molecule has 0 aliphatic carbocycles. The van der Waals surface area contributed by atoms with Crippen LogP contribution in [-0.2, 0) is 0 Å². The predicted molar refractivity (Wildman–Crippen MR) is 103 cm³/mol. The molecule has 0 spiro atoms. The van der Waals surface area contributed by atoms with E-state index in [4.69, 9.17) is 0 Å². The molecular formula is C20H28N4O. The monoisotopic (exact) mass is 340 g/mol. The molecule has 25 heavy (non-hydrogen) atoms. The summed E-state index contributed by atoms with van der Waals surface area (Å²) in [4.78, 5) is 21.6. The van der Waals surface area contributed by atoms with Crippen LogP contribution >= 0.6 is 0 Å². The van der Waals surface area contributed by atoms with Gasteiger partial charge in [-0.15, -0.1) is 0 Å². The zero-order valence-corrected chi connectivity index (χ0v) is 15.8. The van der Waals surface area contributed by atoms with Gasteiger partial charge in [0.05, 0.1) is 0 Å². The molecule has 134 valence electrons. The number of benzene rings is 1. The molecule has 0 saturated heterocycles. The molecule has 2 aromatic rings. The van der Waals surface area contributed by atoms with Crippen LogP contribution in [0.5, 0.6) is 0 Å². The summed E-state index contributed by atoms with van der Waals surface area (Å²) in [5, 5.41) is 6.27. The number of carbonyl (C=O) groups excluding carboxylic acids is 1. The second kappa shape index (κ2) is 8.10. The fourth-order valence-electron chi connectivity index (χ4n) is 2.26. The van der Waals surface area contributed by atoms with E-state index < -0.39 is 0 Å². The van der Waals surface area contributed by atoms with E-state index in [0.29, 0.717) is 23.3 Å². The average molecular weight is 340 g/mol. The van der Waals surface area contributed by atoms with Crippen molar-refractivity contribution in [1.29, 1.82) is 0 Å². The molecule has 0 saturated carbocycles. The van der Waals surface area contributed by atoms with Crippen LogP contribution in [0.3, 0.4) is 0 Å². The maximum absolute atomic E-state index is 12.5. The third-order valence-electron chi connectivity index (χ3n) is 3.51. The molecular weight excluding hydrogens is 312 g/mol. The van der Waals surface area contributed by atoms with E-state index in [9.17, 15) is 4.79 Å². The molecule has 1 aromatic carbocycles. The van der Waals surface area contributed by atoms with Gasteiger partial charge in [0.2, 0.25) is 0 Å². The zero-order valence-electron chi connectivity index (χ0n) is 15.8. The van der Waals surface area contributed by atoms with Crippen molar-refractivity contribution in [3.05, 3.63) is 42.1 Å². The van der Waals surface area contributed by atoms with E-state index in [0.717, 1.165) is 18.5 Å². The lowest BCUT2D eigenvalue weighted by molar-refractivity contribution is 0.0914. The molecule has 1 aromatic heterocycles. The largest absolute Gasteiger partial charge is 0.370 e. The van der Waals surface area contributed by atoms with Crippen molar-refractivity contribution in [2.75, 3.05) is 11.9 Å². The van der Waals surface area contributed by atoms with Crippen LogP contribution in [0, 0.1) is 5.92 Å². The molecule has 2 rings (SSSR count). The molecule has 1 amide bonds. The Morgan fingerprint density at radius 2 is 1.80 bits per heavy atom. The number of aromatic nitrogens is 2. The van der Waals surface area contributed by atoms with Gasteiger partial charge in [-0.05, 0) is 33.1 Å². The summed E-state index contributed by atoms with van der Waals surface area (Å²) in [5.74, 6) is 1.63. The number of hydrogen-bond donors (Lipinski definition) is 2. The molecule has 5 nitrogen and oxygen atoms in total. The van der Waals surface area contributed by atoms with Gasteiger partial charge < -0.3 is 10.6 Å². The highest BCUT2D eigenvalue weighted by atomic mass is 16.2. The smallest absolute Gasteiger partial charge is 0.270 e. The van der Waals surface area contributed by atoms with Crippen LogP contribution in [0.1, 0.15) is 51.5 Å². The summed E-state index contributed by atoms with van der Waals surface area (Å²) in [5.41, 5.74) is 0.941. The van der Waals surface area contributed by atoms with E-state index in [1.165, 1.54) is 0 Å². The number of anilines is 1. The van der Waals surface area contributed by atoms with E-state index in [-0.39, 0.29) is 11.4 Å². The minimum absolute atomic E-state index is 0.195. The molecule has 0 atom stereocenters. The molecule has 0 aliphatic rings. The topological polar surface area (TPSA) is 66.9 Å². The Morgan fingerprint density at radius 1 is 1.12 bits per heavy atom. The van der Waals surface area contributed by atoms with Gasteiger partial charge in [-0.25, -0.2) is 9.97 Å². The van der Waals surface area contributed by atoms with Crippen LogP contribution in [0.15, 0.2) is 36.4 Å². The van der Waals surface area contributed by atoms with Crippen molar-refractivity contribution < 1.29 is 4.79 Å². The Bertz CT molecular complexity index is 705. The van der Waals surface area contributed by atoms with Gasteiger partial charge in [0.25, 0.3) is 5.91 Å². The molecule has 0 bridgehead atoms. The molecule has 0 aliphatic heterocycles. The first-order valence-electron chi connectivity index (χ1n) is 8.75.